The molecular formula is C19H18N2O7S. The molecule has 0 aromatic heterocycles. The van der Waals surface area contributed by atoms with Crippen LogP contribution >= 0.6 is 0 Å². The summed E-state index contributed by atoms with van der Waals surface area (Å²) in [5.74, 6) is -1.36. The molecule has 0 unspecified atom stereocenters. The number of esters is 1. The van der Waals surface area contributed by atoms with Gasteiger partial charge in [-0.3, -0.25) is 14.9 Å². The maximum absolute atomic E-state index is 12.5. The average Bonchev–Trinajstić information content (AvgIpc) is 2.70. The number of amides is 1. The van der Waals surface area contributed by atoms with Crippen LogP contribution in [0.4, 0.5) is 11.4 Å². The number of ether oxygens (including phenoxy) is 1. The van der Waals surface area contributed by atoms with Crippen LogP contribution in [0, 0.1) is 10.1 Å². The first-order valence-electron chi connectivity index (χ1n) is 8.72. The van der Waals surface area contributed by atoms with Crippen LogP contribution in [0.5, 0.6) is 0 Å². The van der Waals surface area contributed by atoms with Crippen molar-refractivity contribution in [2.24, 2.45) is 0 Å². The highest BCUT2D eigenvalue weighted by atomic mass is 32.2. The van der Waals surface area contributed by atoms with E-state index in [1.165, 1.54) is 0 Å². The molecule has 0 fully saturated rings. The van der Waals surface area contributed by atoms with Crippen LogP contribution in [0.3, 0.4) is 0 Å². The van der Waals surface area contributed by atoms with E-state index < -0.39 is 43.8 Å². The van der Waals surface area contributed by atoms with Gasteiger partial charge >= 0.3 is 5.97 Å². The number of nitro benzene ring substituents is 1. The van der Waals surface area contributed by atoms with Gasteiger partial charge in [-0.05, 0) is 36.6 Å². The van der Waals surface area contributed by atoms with Gasteiger partial charge in [0.05, 0.1) is 10.5 Å². The van der Waals surface area contributed by atoms with E-state index in [0.29, 0.717) is 6.54 Å². The maximum atomic E-state index is 12.5. The predicted octanol–water partition coefficient (Wildman–Crippen LogP) is 2.13. The van der Waals surface area contributed by atoms with Gasteiger partial charge in [0.15, 0.2) is 16.4 Å². The van der Waals surface area contributed by atoms with Crippen molar-refractivity contribution in [3.8, 4) is 0 Å². The molecule has 0 atom stereocenters. The number of carbonyl (C=O) groups excluding carboxylic acids is 2. The largest absolute Gasteiger partial charge is 0.452 e. The van der Waals surface area contributed by atoms with Crippen LogP contribution in [0.2, 0.25) is 0 Å². The lowest BCUT2D eigenvalue weighted by Gasteiger charge is -2.29. The number of rotatable bonds is 5. The fourth-order valence-electron chi connectivity index (χ4n) is 3.18. The number of para-hydroxylation sites is 1. The topological polar surface area (TPSA) is 124 Å². The van der Waals surface area contributed by atoms with Gasteiger partial charge in [-0.1, -0.05) is 18.2 Å². The number of fused-ring (bicyclic) bond motifs is 1. The summed E-state index contributed by atoms with van der Waals surface area (Å²) in [4.78, 5) is 36.1. The summed E-state index contributed by atoms with van der Waals surface area (Å²) in [6, 6.07) is 10.4. The highest BCUT2D eigenvalue weighted by Gasteiger charge is 2.26. The summed E-state index contributed by atoms with van der Waals surface area (Å²) in [7, 11) is -3.84. The molecule has 1 aliphatic rings. The van der Waals surface area contributed by atoms with Gasteiger partial charge in [0.25, 0.3) is 11.6 Å². The van der Waals surface area contributed by atoms with Gasteiger partial charge in [-0.2, -0.15) is 0 Å². The molecule has 152 valence electrons. The second-order valence-corrected chi connectivity index (χ2v) is 8.55. The third-order valence-electron chi connectivity index (χ3n) is 4.53. The van der Waals surface area contributed by atoms with Crippen molar-refractivity contribution in [1.82, 2.24) is 0 Å². The minimum Gasteiger partial charge on any atom is -0.452 e. The predicted molar refractivity (Wildman–Crippen MR) is 104 cm³/mol. The Morgan fingerprint density at radius 2 is 1.93 bits per heavy atom. The Hall–Kier alpha value is -3.27. The van der Waals surface area contributed by atoms with E-state index in [2.05, 4.69) is 0 Å². The molecule has 0 saturated heterocycles. The van der Waals surface area contributed by atoms with Gasteiger partial charge < -0.3 is 9.64 Å². The van der Waals surface area contributed by atoms with Crippen molar-refractivity contribution in [3.63, 3.8) is 0 Å². The molecule has 29 heavy (non-hydrogen) atoms. The minimum absolute atomic E-state index is 0.212. The molecule has 10 heteroatoms. The average molecular weight is 418 g/mol. The van der Waals surface area contributed by atoms with Gasteiger partial charge in [0, 0.05) is 24.6 Å². The van der Waals surface area contributed by atoms with Crippen molar-refractivity contribution >= 4 is 33.1 Å². The fourth-order valence-corrected chi connectivity index (χ4v) is 4.01. The lowest BCUT2D eigenvalue weighted by molar-refractivity contribution is -0.387. The number of sulfone groups is 1. The summed E-state index contributed by atoms with van der Waals surface area (Å²) < 4.78 is 28.3. The number of carbonyl (C=O) groups is 2. The standard InChI is InChI=1S/C19H18N2O7S/c1-29(26,27)17-9-8-14(11-16(17)21(24)25)19(23)28-12-18(22)20-10-4-6-13-5-2-3-7-15(13)20/h2-3,5,7-9,11H,4,6,10,12H2,1H3. The van der Waals surface area contributed by atoms with E-state index in [0.717, 1.165) is 48.5 Å². The Labute approximate surface area is 167 Å². The first-order chi connectivity index (χ1) is 13.7. The highest BCUT2D eigenvalue weighted by Crippen LogP contribution is 2.27. The van der Waals surface area contributed by atoms with Crippen molar-refractivity contribution in [2.75, 3.05) is 24.3 Å². The second kappa shape index (κ2) is 8.00. The Morgan fingerprint density at radius 1 is 1.21 bits per heavy atom. The van der Waals surface area contributed by atoms with E-state index in [1.807, 2.05) is 24.3 Å². The lowest BCUT2D eigenvalue weighted by Crippen LogP contribution is -2.38. The minimum atomic E-state index is -3.84. The molecule has 1 aliphatic heterocycles. The number of anilines is 1. The number of nitrogens with zero attached hydrogens (tertiary/aromatic N) is 2. The molecule has 3 rings (SSSR count). The summed E-state index contributed by atoms with van der Waals surface area (Å²) in [6.07, 6.45) is 2.48. The van der Waals surface area contributed by atoms with Crippen LogP contribution in [0.1, 0.15) is 22.3 Å². The third-order valence-corrected chi connectivity index (χ3v) is 5.67. The summed E-state index contributed by atoms with van der Waals surface area (Å²) in [5, 5.41) is 11.2. The van der Waals surface area contributed by atoms with Crippen molar-refractivity contribution in [3.05, 3.63) is 63.7 Å². The van der Waals surface area contributed by atoms with Crippen LogP contribution in [-0.2, 0) is 25.8 Å². The van der Waals surface area contributed by atoms with Gasteiger partial charge in [-0.25, -0.2) is 13.2 Å². The van der Waals surface area contributed by atoms with Gasteiger partial charge in [0.1, 0.15) is 4.90 Å². The van der Waals surface area contributed by atoms with Crippen LogP contribution in [0.15, 0.2) is 47.4 Å². The quantitative estimate of drug-likeness (QED) is 0.414. The van der Waals surface area contributed by atoms with E-state index in [9.17, 15) is 28.1 Å². The molecule has 2 aromatic rings. The molecular weight excluding hydrogens is 400 g/mol. The molecule has 0 radical (unpaired) electrons. The molecule has 0 N–H and O–H groups in total. The zero-order valence-corrected chi connectivity index (χ0v) is 16.3. The van der Waals surface area contributed by atoms with Crippen LogP contribution in [0.25, 0.3) is 0 Å². The number of nitro groups is 1. The second-order valence-electron chi connectivity index (χ2n) is 6.57. The fraction of sp³-hybridized carbons (Fsp3) is 0.263. The highest BCUT2D eigenvalue weighted by molar-refractivity contribution is 7.90. The lowest BCUT2D eigenvalue weighted by atomic mass is 10.0. The van der Waals surface area contributed by atoms with Crippen LogP contribution in [-0.4, -0.2) is 44.6 Å². The zero-order valence-electron chi connectivity index (χ0n) is 15.5. The number of benzene rings is 2. The first kappa shape index (κ1) is 20.5. The van der Waals surface area contributed by atoms with Gasteiger partial charge in [-0.15, -0.1) is 0 Å². The Morgan fingerprint density at radius 3 is 2.62 bits per heavy atom. The molecule has 0 aliphatic carbocycles. The first-order valence-corrected chi connectivity index (χ1v) is 10.6. The Kier molecular flexibility index (Phi) is 5.64. The summed E-state index contributed by atoms with van der Waals surface area (Å²) in [6.45, 7) is -0.0310. The SMILES string of the molecule is CS(=O)(=O)c1ccc(C(=O)OCC(=O)N2CCCc3ccccc32)cc1[N+](=O)[O-]. The third kappa shape index (κ3) is 4.43. The Balaban J connectivity index is 1.74. The molecule has 0 bridgehead atoms. The van der Waals surface area contributed by atoms with E-state index in [-0.39, 0.29) is 5.56 Å². The smallest absolute Gasteiger partial charge is 0.338 e. The molecule has 2 aromatic carbocycles. The summed E-state index contributed by atoms with van der Waals surface area (Å²) >= 11 is 0. The normalized spacial score (nSPS) is 13.5. The molecule has 0 spiro atoms. The summed E-state index contributed by atoms with van der Waals surface area (Å²) in [5.41, 5.74) is 0.868. The Bertz CT molecular complexity index is 1100. The number of hydrogen-bond acceptors (Lipinski definition) is 7. The monoisotopic (exact) mass is 418 g/mol. The molecule has 1 heterocycles. The van der Waals surface area contributed by atoms with E-state index >= 15 is 0 Å². The van der Waals surface area contributed by atoms with Crippen molar-refractivity contribution < 1.29 is 27.7 Å². The maximum Gasteiger partial charge on any atom is 0.338 e. The zero-order chi connectivity index (χ0) is 21.2. The number of hydrogen-bond donors (Lipinski definition) is 0. The molecule has 0 saturated carbocycles. The van der Waals surface area contributed by atoms with Crippen LogP contribution < -0.4 is 4.90 Å². The molecule has 1 amide bonds. The van der Waals surface area contributed by atoms with E-state index in [1.54, 1.807) is 4.90 Å². The molecule has 9 nitrogen and oxygen atoms in total. The van der Waals surface area contributed by atoms with Gasteiger partial charge in [0.2, 0.25) is 0 Å². The number of aryl methyl sites for hydroxylation is 1. The van der Waals surface area contributed by atoms with Crippen molar-refractivity contribution in [2.45, 2.75) is 17.7 Å². The van der Waals surface area contributed by atoms with Crippen molar-refractivity contribution in [1.29, 1.82) is 0 Å². The van der Waals surface area contributed by atoms with E-state index in [4.69, 9.17) is 4.74 Å².